The van der Waals surface area contributed by atoms with Crippen molar-refractivity contribution < 1.29 is 13.9 Å². The second-order valence-corrected chi connectivity index (χ2v) is 4.33. The fourth-order valence-corrected chi connectivity index (χ4v) is 2.12. The Balaban J connectivity index is 2.22. The molecule has 3 rings (SSSR count). The number of furan rings is 1. The Morgan fingerprint density at radius 1 is 1.23 bits per heavy atom. The van der Waals surface area contributed by atoms with E-state index in [0.717, 1.165) is 0 Å². The second kappa shape index (κ2) is 5.61. The molecule has 0 atom stereocenters. The predicted molar refractivity (Wildman–Crippen MR) is 76.9 cm³/mol. The summed E-state index contributed by atoms with van der Waals surface area (Å²) in [4.78, 5) is 0. The van der Waals surface area contributed by atoms with E-state index in [1.807, 2.05) is 6.07 Å². The summed E-state index contributed by atoms with van der Waals surface area (Å²) >= 11 is 0. The average Bonchev–Trinajstić information content (AvgIpc) is 3.22. The highest BCUT2D eigenvalue weighted by molar-refractivity contribution is 5.64. The molecule has 0 saturated carbocycles. The van der Waals surface area contributed by atoms with Gasteiger partial charge in [-0.25, -0.2) is 4.68 Å². The number of benzene rings is 1. The van der Waals surface area contributed by atoms with Crippen molar-refractivity contribution in [3.8, 4) is 34.7 Å². The second-order valence-electron chi connectivity index (χ2n) is 4.33. The van der Waals surface area contributed by atoms with Gasteiger partial charge in [-0.3, -0.25) is 0 Å². The number of hydrogen-bond acceptors (Lipinski definition) is 6. The van der Waals surface area contributed by atoms with Gasteiger partial charge in [-0.15, -0.1) is 5.10 Å². The molecular formula is C15H12N4O3. The molecule has 0 amide bonds. The van der Waals surface area contributed by atoms with Crippen LogP contribution in [0.25, 0.3) is 17.1 Å². The van der Waals surface area contributed by atoms with Gasteiger partial charge in [-0.05, 0) is 24.3 Å². The van der Waals surface area contributed by atoms with Crippen LogP contribution in [0.4, 0.5) is 0 Å². The number of hydrogen-bond donors (Lipinski definition) is 0. The van der Waals surface area contributed by atoms with Gasteiger partial charge in [-0.2, -0.15) is 5.26 Å². The molecular weight excluding hydrogens is 284 g/mol. The fraction of sp³-hybridized carbons (Fsp3) is 0.133. The van der Waals surface area contributed by atoms with Gasteiger partial charge < -0.3 is 13.9 Å². The Hall–Kier alpha value is -3.27. The molecule has 22 heavy (non-hydrogen) atoms. The zero-order valence-electron chi connectivity index (χ0n) is 12.0. The van der Waals surface area contributed by atoms with E-state index < -0.39 is 0 Å². The Morgan fingerprint density at radius 3 is 2.73 bits per heavy atom. The molecule has 7 nitrogen and oxygen atoms in total. The van der Waals surface area contributed by atoms with Crippen molar-refractivity contribution >= 4 is 0 Å². The van der Waals surface area contributed by atoms with E-state index in [-0.39, 0.29) is 5.69 Å². The maximum absolute atomic E-state index is 9.23. The Morgan fingerprint density at radius 2 is 2.09 bits per heavy atom. The Kier molecular flexibility index (Phi) is 3.50. The molecule has 0 aliphatic rings. The maximum atomic E-state index is 9.23. The van der Waals surface area contributed by atoms with Crippen molar-refractivity contribution in [2.45, 2.75) is 0 Å². The van der Waals surface area contributed by atoms with Crippen molar-refractivity contribution in [1.29, 1.82) is 5.26 Å². The summed E-state index contributed by atoms with van der Waals surface area (Å²) in [5.74, 6) is 1.70. The van der Waals surface area contributed by atoms with Crippen LogP contribution in [0.15, 0.2) is 41.0 Å². The summed E-state index contributed by atoms with van der Waals surface area (Å²) in [6.07, 6.45) is 1.53. The van der Waals surface area contributed by atoms with Crippen molar-refractivity contribution in [1.82, 2.24) is 15.0 Å². The summed E-state index contributed by atoms with van der Waals surface area (Å²) in [5, 5.41) is 17.2. The molecule has 7 heteroatoms. The standard InChI is InChI=1S/C15H12N4O3/c1-20-10-5-6-12(14(8-10)21-2)19-15(11(9-16)17-18-19)13-4-3-7-22-13/h3-8H,1-2H3. The van der Waals surface area contributed by atoms with Gasteiger partial charge >= 0.3 is 0 Å². The van der Waals surface area contributed by atoms with Crippen LogP contribution in [0.2, 0.25) is 0 Å². The first-order valence-electron chi connectivity index (χ1n) is 6.40. The molecule has 0 fully saturated rings. The Labute approximate surface area is 126 Å². The first-order valence-corrected chi connectivity index (χ1v) is 6.40. The first-order chi connectivity index (χ1) is 10.8. The molecule has 0 bridgehead atoms. The van der Waals surface area contributed by atoms with Crippen LogP contribution in [0, 0.1) is 11.3 Å². The molecule has 0 unspecified atom stereocenters. The number of methoxy groups -OCH3 is 2. The van der Waals surface area contributed by atoms with E-state index in [2.05, 4.69) is 10.3 Å². The van der Waals surface area contributed by atoms with E-state index >= 15 is 0 Å². The van der Waals surface area contributed by atoms with Gasteiger partial charge in [-0.1, -0.05) is 5.21 Å². The summed E-state index contributed by atoms with van der Waals surface area (Å²) in [6, 6.07) is 10.8. The summed E-state index contributed by atoms with van der Waals surface area (Å²) in [7, 11) is 3.12. The van der Waals surface area contributed by atoms with E-state index in [4.69, 9.17) is 13.9 Å². The minimum Gasteiger partial charge on any atom is -0.497 e. The molecule has 0 aliphatic carbocycles. The van der Waals surface area contributed by atoms with Crippen molar-refractivity contribution in [2.75, 3.05) is 14.2 Å². The molecule has 0 radical (unpaired) electrons. The fourth-order valence-electron chi connectivity index (χ4n) is 2.12. The lowest BCUT2D eigenvalue weighted by Gasteiger charge is -2.11. The third-order valence-electron chi connectivity index (χ3n) is 3.15. The number of aromatic nitrogens is 3. The maximum Gasteiger partial charge on any atom is 0.194 e. The average molecular weight is 296 g/mol. The zero-order chi connectivity index (χ0) is 15.5. The monoisotopic (exact) mass is 296 g/mol. The van der Waals surface area contributed by atoms with Crippen molar-refractivity contribution in [2.24, 2.45) is 0 Å². The van der Waals surface area contributed by atoms with Gasteiger partial charge in [0.05, 0.1) is 20.5 Å². The third-order valence-corrected chi connectivity index (χ3v) is 3.15. The minimum atomic E-state index is 0.174. The summed E-state index contributed by atoms with van der Waals surface area (Å²) in [6.45, 7) is 0. The van der Waals surface area contributed by atoms with Crippen LogP contribution in [0.5, 0.6) is 11.5 Å². The zero-order valence-corrected chi connectivity index (χ0v) is 12.0. The predicted octanol–water partition coefficient (Wildman–Crippen LogP) is 2.42. The van der Waals surface area contributed by atoms with Gasteiger partial charge in [0.2, 0.25) is 0 Å². The van der Waals surface area contributed by atoms with Gasteiger partial charge in [0.15, 0.2) is 11.5 Å². The molecule has 0 spiro atoms. The highest BCUT2D eigenvalue weighted by atomic mass is 16.5. The van der Waals surface area contributed by atoms with Crippen molar-refractivity contribution in [3.63, 3.8) is 0 Å². The smallest absolute Gasteiger partial charge is 0.194 e. The molecule has 0 aliphatic heterocycles. The topological polar surface area (TPSA) is 86.1 Å². The van der Waals surface area contributed by atoms with Gasteiger partial charge in [0.1, 0.15) is 28.9 Å². The van der Waals surface area contributed by atoms with Gasteiger partial charge in [0, 0.05) is 6.07 Å². The normalized spacial score (nSPS) is 10.2. The lowest BCUT2D eigenvalue weighted by atomic mass is 10.2. The molecule has 3 aromatic rings. The molecule has 110 valence electrons. The summed E-state index contributed by atoms with van der Waals surface area (Å²) in [5.41, 5.74) is 1.27. The van der Waals surface area contributed by atoms with Crippen LogP contribution in [-0.4, -0.2) is 29.2 Å². The van der Waals surface area contributed by atoms with Gasteiger partial charge in [0.25, 0.3) is 0 Å². The minimum absolute atomic E-state index is 0.174. The molecule has 2 aromatic heterocycles. The van der Waals surface area contributed by atoms with E-state index in [1.54, 1.807) is 44.6 Å². The van der Waals surface area contributed by atoms with Crippen LogP contribution in [-0.2, 0) is 0 Å². The number of ether oxygens (including phenoxy) is 2. The van der Waals surface area contributed by atoms with Crippen molar-refractivity contribution in [3.05, 3.63) is 42.3 Å². The van der Waals surface area contributed by atoms with Crippen LogP contribution in [0.1, 0.15) is 5.69 Å². The lowest BCUT2D eigenvalue weighted by Crippen LogP contribution is -2.02. The molecule has 1 aromatic carbocycles. The lowest BCUT2D eigenvalue weighted by molar-refractivity contribution is 0.392. The van der Waals surface area contributed by atoms with E-state index in [0.29, 0.717) is 28.6 Å². The van der Waals surface area contributed by atoms with E-state index in [1.165, 1.54) is 10.9 Å². The van der Waals surface area contributed by atoms with E-state index in [9.17, 15) is 5.26 Å². The third kappa shape index (κ3) is 2.16. The quantitative estimate of drug-likeness (QED) is 0.735. The van der Waals surface area contributed by atoms with Crippen LogP contribution < -0.4 is 9.47 Å². The highest BCUT2D eigenvalue weighted by Crippen LogP contribution is 2.32. The highest BCUT2D eigenvalue weighted by Gasteiger charge is 2.20. The first kappa shape index (κ1) is 13.7. The number of rotatable bonds is 4. The molecule has 0 saturated heterocycles. The summed E-state index contributed by atoms with van der Waals surface area (Å²) < 4.78 is 17.4. The molecule has 2 heterocycles. The largest absolute Gasteiger partial charge is 0.497 e. The van der Waals surface area contributed by atoms with Crippen LogP contribution >= 0.6 is 0 Å². The van der Waals surface area contributed by atoms with Crippen LogP contribution in [0.3, 0.4) is 0 Å². The number of nitrogens with zero attached hydrogens (tertiary/aromatic N) is 4. The number of nitriles is 1. The SMILES string of the molecule is COc1ccc(-n2nnc(C#N)c2-c2ccco2)c(OC)c1. The molecule has 0 N–H and O–H groups in total. The Bertz CT molecular complexity index is 831.